The lowest BCUT2D eigenvalue weighted by molar-refractivity contribution is -0.140. The van der Waals surface area contributed by atoms with Gasteiger partial charge < -0.3 is 15.4 Å². The summed E-state index contributed by atoms with van der Waals surface area (Å²) in [5, 5.41) is 5.78. The molecular formula is C11H21N3O2. The fraction of sp³-hybridized carbons (Fsp3) is 0.455. The zero-order valence-electron chi connectivity index (χ0n) is 10.2. The summed E-state index contributed by atoms with van der Waals surface area (Å²) in [6.07, 6.45) is 3.45. The number of rotatable bonds is 6. The quantitative estimate of drug-likeness (QED) is 0.526. The Kier molecular flexibility index (Phi) is 14.0. The number of carbonyl (C=O) groups excluding carboxylic acids is 1. The maximum atomic E-state index is 9.82. The monoisotopic (exact) mass is 227 g/mol. The van der Waals surface area contributed by atoms with Crippen LogP contribution >= 0.6 is 0 Å². The Balaban J connectivity index is 0. The fourth-order valence-corrected chi connectivity index (χ4v) is 0.676. The van der Waals surface area contributed by atoms with Crippen molar-refractivity contribution in [3.8, 4) is 0 Å². The second-order valence-electron chi connectivity index (χ2n) is 2.58. The summed E-state index contributed by atoms with van der Waals surface area (Å²) in [4.78, 5) is 13.5. The van der Waals surface area contributed by atoms with Gasteiger partial charge in [-0.15, -0.1) is 0 Å². The molecule has 92 valence electrons. The van der Waals surface area contributed by atoms with E-state index in [0.717, 1.165) is 12.4 Å². The molecule has 0 bridgehead atoms. The SMILES string of the molecule is C=CN/C(=C\CNC)N=C.CCOC(C)=O. The van der Waals surface area contributed by atoms with Crippen molar-refractivity contribution in [2.45, 2.75) is 13.8 Å². The van der Waals surface area contributed by atoms with Crippen LogP contribution in [0.5, 0.6) is 0 Å². The minimum atomic E-state index is -0.211. The molecule has 0 aliphatic rings. The van der Waals surface area contributed by atoms with Crippen molar-refractivity contribution in [2.75, 3.05) is 20.2 Å². The Bertz CT molecular complexity index is 237. The molecule has 5 nitrogen and oxygen atoms in total. The van der Waals surface area contributed by atoms with Crippen LogP contribution in [-0.2, 0) is 9.53 Å². The van der Waals surface area contributed by atoms with Crippen LogP contribution in [0, 0.1) is 0 Å². The molecule has 0 heterocycles. The van der Waals surface area contributed by atoms with Gasteiger partial charge in [0.15, 0.2) is 0 Å². The van der Waals surface area contributed by atoms with Crippen molar-refractivity contribution in [1.29, 1.82) is 0 Å². The molecule has 5 heteroatoms. The zero-order chi connectivity index (χ0) is 12.8. The molecule has 0 saturated heterocycles. The molecule has 0 aromatic heterocycles. The van der Waals surface area contributed by atoms with Crippen molar-refractivity contribution < 1.29 is 9.53 Å². The van der Waals surface area contributed by atoms with Gasteiger partial charge in [0.25, 0.3) is 0 Å². The van der Waals surface area contributed by atoms with Gasteiger partial charge >= 0.3 is 5.97 Å². The van der Waals surface area contributed by atoms with Crippen LogP contribution in [0.2, 0.25) is 0 Å². The lowest BCUT2D eigenvalue weighted by atomic mass is 10.5. The van der Waals surface area contributed by atoms with Gasteiger partial charge in [-0.2, -0.15) is 0 Å². The van der Waals surface area contributed by atoms with Crippen LogP contribution in [0.3, 0.4) is 0 Å². The predicted octanol–water partition coefficient (Wildman–Crippen LogP) is 1.05. The predicted molar refractivity (Wildman–Crippen MR) is 67.2 cm³/mol. The van der Waals surface area contributed by atoms with E-state index in [2.05, 4.69) is 33.7 Å². The summed E-state index contributed by atoms with van der Waals surface area (Å²) in [6.45, 7) is 11.3. The molecule has 0 aromatic rings. The number of hydrogen-bond acceptors (Lipinski definition) is 5. The van der Waals surface area contributed by atoms with E-state index < -0.39 is 0 Å². The highest BCUT2D eigenvalue weighted by Crippen LogP contribution is 1.86. The van der Waals surface area contributed by atoms with Crippen molar-refractivity contribution in [2.24, 2.45) is 4.99 Å². The average Bonchev–Trinajstić information content (AvgIpc) is 2.25. The van der Waals surface area contributed by atoms with Crippen molar-refractivity contribution in [1.82, 2.24) is 10.6 Å². The summed E-state index contributed by atoms with van der Waals surface area (Å²) < 4.78 is 4.40. The summed E-state index contributed by atoms with van der Waals surface area (Å²) in [6, 6.07) is 0. The second kappa shape index (κ2) is 13.4. The van der Waals surface area contributed by atoms with Gasteiger partial charge in [0.2, 0.25) is 0 Å². The summed E-state index contributed by atoms with van der Waals surface area (Å²) in [5.74, 6) is 0.516. The first-order valence-electron chi connectivity index (χ1n) is 4.94. The molecular weight excluding hydrogens is 206 g/mol. The number of nitrogens with one attached hydrogen (secondary N) is 2. The van der Waals surface area contributed by atoms with E-state index >= 15 is 0 Å². The average molecular weight is 227 g/mol. The van der Waals surface area contributed by atoms with Gasteiger partial charge in [0.1, 0.15) is 5.82 Å². The van der Waals surface area contributed by atoms with Gasteiger partial charge in [-0.25, -0.2) is 4.99 Å². The molecule has 16 heavy (non-hydrogen) atoms. The minimum Gasteiger partial charge on any atom is -0.466 e. The van der Waals surface area contributed by atoms with Gasteiger partial charge in [0.05, 0.1) is 6.61 Å². The third kappa shape index (κ3) is 14.9. The normalized spacial score (nSPS) is 9.56. The van der Waals surface area contributed by atoms with E-state index in [1.807, 2.05) is 13.1 Å². The molecule has 0 amide bonds. The highest BCUT2D eigenvalue weighted by molar-refractivity contribution is 5.65. The number of ether oxygens (including phenoxy) is 1. The van der Waals surface area contributed by atoms with Gasteiger partial charge in [-0.05, 0) is 33.0 Å². The summed E-state index contributed by atoms with van der Waals surface area (Å²) >= 11 is 0. The number of nitrogens with zero attached hydrogens (tertiary/aromatic N) is 1. The highest BCUT2D eigenvalue weighted by Gasteiger charge is 1.83. The number of aliphatic imine (C=N–C) groups is 1. The highest BCUT2D eigenvalue weighted by atomic mass is 16.5. The van der Waals surface area contributed by atoms with Gasteiger partial charge in [0, 0.05) is 13.5 Å². The Morgan fingerprint density at radius 2 is 2.19 bits per heavy atom. The first-order chi connectivity index (χ1) is 7.62. The Morgan fingerprint density at radius 3 is 2.44 bits per heavy atom. The molecule has 0 fully saturated rings. The van der Waals surface area contributed by atoms with Gasteiger partial charge in [-0.1, -0.05) is 6.58 Å². The summed E-state index contributed by atoms with van der Waals surface area (Å²) in [7, 11) is 1.87. The van der Waals surface area contributed by atoms with Crippen LogP contribution in [0.25, 0.3) is 0 Å². The lowest BCUT2D eigenvalue weighted by Crippen LogP contribution is -2.09. The number of carbonyl (C=O) groups is 1. The van der Waals surface area contributed by atoms with Crippen LogP contribution in [0.15, 0.2) is 29.7 Å². The van der Waals surface area contributed by atoms with E-state index in [1.165, 1.54) is 6.92 Å². The smallest absolute Gasteiger partial charge is 0.302 e. The van der Waals surface area contributed by atoms with Crippen molar-refractivity contribution in [3.05, 3.63) is 24.7 Å². The van der Waals surface area contributed by atoms with Crippen LogP contribution in [0.4, 0.5) is 0 Å². The molecule has 0 atom stereocenters. The number of esters is 1. The second-order valence-corrected chi connectivity index (χ2v) is 2.58. The molecule has 2 N–H and O–H groups in total. The third-order valence-corrected chi connectivity index (χ3v) is 1.27. The van der Waals surface area contributed by atoms with E-state index in [4.69, 9.17) is 0 Å². The maximum absolute atomic E-state index is 9.82. The lowest BCUT2D eigenvalue weighted by Gasteiger charge is -1.98. The Labute approximate surface area is 97.3 Å². The standard InChI is InChI=1S/C7H13N3.C4H8O2/c1-4-10-7(9-3)5-6-8-2;1-3-6-4(2)5/h4-5,8,10H,1,3,6H2,2H3;3H2,1-2H3/b7-5-;. The molecule has 0 unspecified atom stereocenters. The van der Waals surface area contributed by atoms with E-state index in [9.17, 15) is 4.79 Å². The summed E-state index contributed by atoms with van der Waals surface area (Å²) in [5.41, 5.74) is 0. The van der Waals surface area contributed by atoms with Crippen molar-refractivity contribution in [3.63, 3.8) is 0 Å². The first kappa shape index (κ1) is 16.8. The first-order valence-corrected chi connectivity index (χ1v) is 4.94. The number of likely N-dealkylation sites (N-methyl/N-ethyl adjacent to an activating group) is 1. The Hall–Kier alpha value is -1.62. The molecule has 0 aromatic carbocycles. The van der Waals surface area contributed by atoms with E-state index in [1.54, 1.807) is 13.1 Å². The van der Waals surface area contributed by atoms with Crippen LogP contribution in [0.1, 0.15) is 13.8 Å². The fourth-order valence-electron chi connectivity index (χ4n) is 0.676. The molecule has 0 radical (unpaired) electrons. The van der Waals surface area contributed by atoms with Crippen molar-refractivity contribution >= 4 is 12.7 Å². The van der Waals surface area contributed by atoms with Gasteiger partial charge in [-0.3, -0.25) is 4.79 Å². The molecule has 0 aliphatic heterocycles. The third-order valence-electron chi connectivity index (χ3n) is 1.27. The largest absolute Gasteiger partial charge is 0.466 e. The zero-order valence-corrected chi connectivity index (χ0v) is 10.2. The molecule has 0 spiro atoms. The maximum Gasteiger partial charge on any atom is 0.302 e. The molecule has 0 saturated carbocycles. The minimum absolute atomic E-state index is 0.211. The van der Waals surface area contributed by atoms with Crippen LogP contribution in [-0.4, -0.2) is 32.9 Å². The van der Waals surface area contributed by atoms with E-state index in [0.29, 0.717) is 6.61 Å². The van der Waals surface area contributed by atoms with Crippen LogP contribution < -0.4 is 10.6 Å². The topological polar surface area (TPSA) is 62.7 Å². The Morgan fingerprint density at radius 1 is 1.56 bits per heavy atom. The molecule has 0 rings (SSSR count). The number of hydrogen-bond donors (Lipinski definition) is 2. The molecule has 0 aliphatic carbocycles. The van der Waals surface area contributed by atoms with E-state index in [-0.39, 0.29) is 5.97 Å².